The molecule has 1 aliphatic heterocycles. The first-order valence-corrected chi connectivity index (χ1v) is 6.32. The average molecular weight is 259 g/mol. The fourth-order valence-electron chi connectivity index (χ4n) is 2.05. The van der Waals surface area contributed by atoms with Crippen LogP contribution in [0.5, 0.6) is 0 Å². The number of hydrogen-bond acceptors (Lipinski definition) is 2. The van der Waals surface area contributed by atoms with Crippen molar-refractivity contribution < 1.29 is 0 Å². The van der Waals surface area contributed by atoms with E-state index < -0.39 is 0 Å². The minimum absolute atomic E-state index is 0.639. The van der Waals surface area contributed by atoms with E-state index in [1.54, 1.807) is 6.07 Å². The molecule has 0 bridgehead atoms. The van der Waals surface area contributed by atoms with E-state index in [9.17, 15) is 0 Å². The summed E-state index contributed by atoms with van der Waals surface area (Å²) in [6, 6.07) is 5.73. The summed E-state index contributed by atoms with van der Waals surface area (Å²) in [4.78, 5) is 2.34. The van der Waals surface area contributed by atoms with Gasteiger partial charge in [0.25, 0.3) is 0 Å². The van der Waals surface area contributed by atoms with Crippen LogP contribution in [-0.2, 0) is 0 Å². The Balaban J connectivity index is 2.21. The van der Waals surface area contributed by atoms with Crippen molar-refractivity contribution in [3.05, 3.63) is 28.2 Å². The molecule has 1 atom stereocenters. The standard InChI is InChI=1S/C12H16Cl2N2/c1-9-7-15-2-3-16(8-9)12-5-10(13)4-11(14)6-12/h4-6,9,15H,2-3,7-8H2,1H3. The molecule has 1 heterocycles. The van der Waals surface area contributed by atoms with Crippen LogP contribution in [0, 0.1) is 5.92 Å². The van der Waals surface area contributed by atoms with Crippen molar-refractivity contribution in [3.8, 4) is 0 Å². The monoisotopic (exact) mass is 258 g/mol. The highest BCUT2D eigenvalue weighted by molar-refractivity contribution is 6.35. The Hall–Kier alpha value is -0.440. The lowest BCUT2D eigenvalue weighted by Crippen LogP contribution is -2.29. The van der Waals surface area contributed by atoms with Gasteiger partial charge < -0.3 is 10.2 Å². The van der Waals surface area contributed by atoms with Crippen molar-refractivity contribution in [2.45, 2.75) is 6.92 Å². The summed E-state index contributed by atoms with van der Waals surface area (Å²) in [7, 11) is 0. The summed E-state index contributed by atoms with van der Waals surface area (Å²) in [5.74, 6) is 0.639. The van der Waals surface area contributed by atoms with Crippen molar-refractivity contribution >= 4 is 28.9 Å². The minimum Gasteiger partial charge on any atom is -0.370 e. The van der Waals surface area contributed by atoms with E-state index >= 15 is 0 Å². The van der Waals surface area contributed by atoms with Crippen LogP contribution in [0.25, 0.3) is 0 Å². The Labute approximate surface area is 107 Å². The highest BCUT2D eigenvalue weighted by Gasteiger charge is 2.15. The van der Waals surface area contributed by atoms with Gasteiger partial charge in [-0.3, -0.25) is 0 Å². The van der Waals surface area contributed by atoms with Crippen molar-refractivity contribution in [1.29, 1.82) is 0 Å². The lowest BCUT2D eigenvalue weighted by molar-refractivity contribution is 0.564. The van der Waals surface area contributed by atoms with Crippen LogP contribution in [0.2, 0.25) is 10.0 Å². The first-order valence-electron chi connectivity index (χ1n) is 5.57. The Morgan fingerprint density at radius 2 is 1.94 bits per heavy atom. The van der Waals surface area contributed by atoms with Crippen LogP contribution < -0.4 is 10.2 Å². The summed E-state index contributed by atoms with van der Waals surface area (Å²) in [5.41, 5.74) is 1.12. The van der Waals surface area contributed by atoms with Crippen molar-refractivity contribution in [3.63, 3.8) is 0 Å². The molecule has 0 saturated carbocycles. The van der Waals surface area contributed by atoms with E-state index in [-0.39, 0.29) is 0 Å². The van der Waals surface area contributed by atoms with E-state index in [0.717, 1.165) is 31.9 Å². The molecule has 1 aliphatic rings. The smallest absolute Gasteiger partial charge is 0.0441 e. The Bertz CT molecular complexity index is 348. The SMILES string of the molecule is CC1CNCCN(c2cc(Cl)cc(Cl)c2)C1. The lowest BCUT2D eigenvalue weighted by atomic mass is 10.1. The largest absolute Gasteiger partial charge is 0.370 e. The van der Waals surface area contributed by atoms with E-state index in [2.05, 4.69) is 17.1 Å². The van der Waals surface area contributed by atoms with Gasteiger partial charge in [0.2, 0.25) is 0 Å². The van der Waals surface area contributed by atoms with Gasteiger partial charge in [0, 0.05) is 35.4 Å². The third kappa shape index (κ3) is 3.03. The molecule has 1 unspecified atom stereocenters. The molecule has 0 amide bonds. The number of benzene rings is 1. The number of anilines is 1. The normalized spacial score (nSPS) is 21.9. The molecule has 2 nitrogen and oxygen atoms in total. The predicted molar refractivity (Wildman–Crippen MR) is 70.7 cm³/mol. The van der Waals surface area contributed by atoms with Crippen LogP contribution in [0.15, 0.2) is 18.2 Å². The van der Waals surface area contributed by atoms with E-state index in [0.29, 0.717) is 16.0 Å². The second-order valence-corrected chi connectivity index (χ2v) is 5.26. The molecule has 1 aromatic rings. The zero-order valence-electron chi connectivity index (χ0n) is 9.34. The van der Waals surface area contributed by atoms with Crippen LogP contribution in [0.4, 0.5) is 5.69 Å². The Morgan fingerprint density at radius 3 is 2.62 bits per heavy atom. The third-order valence-electron chi connectivity index (χ3n) is 2.80. The number of rotatable bonds is 1. The Morgan fingerprint density at radius 1 is 1.25 bits per heavy atom. The maximum Gasteiger partial charge on any atom is 0.0441 e. The maximum absolute atomic E-state index is 6.02. The zero-order valence-corrected chi connectivity index (χ0v) is 10.9. The first kappa shape index (κ1) is 12.0. The van der Waals surface area contributed by atoms with Gasteiger partial charge in [0.15, 0.2) is 0 Å². The molecule has 1 aromatic carbocycles. The third-order valence-corrected chi connectivity index (χ3v) is 3.23. The van der Waals surface area contributed by atoms with Gasteiger partial charge in [0.1, 0.15) is 0 Å². The van der Waals surface area contributed by atoms with E-state index in [4.69, 9.17) is 23.2 Å². The van der Waals surface area contributed by atoms with E-state index in [1.807, 2.05) is 12.1 Å². The molecule has 1 saturated heterocycles. The van der Waals surface area contributed by atoms with Gasteiger partial charge in [-0.1, -0.05) is 30.1 Å². The number of halogens is 2. The topological polar surface area (TPSA) is 15.3 Å². The van der Waals surface area contributed by atoms with Gasteiger partial charge in [-0.15, -0.1) is 0 Å². The molecule has 2 rings (SSSR count). The van der Waals surface area contributed by atoms with Crippen molar-refractivity contribution in [2.75, 3.05) is 31.1 Å². The first-order chi connectivity index (χ1) is 7.65. The van der Waals surface area contributed by atoms with Crippen LogP contribution in [0.3, 0.4) is 0 Å². The number of nitrogens with one attached hydrogen (secondary N) is 1. The average Bonchev–Trinajstić information content (AvgIpc) is 2.41. The van der Waals surface area contributed by atoms with Crippen molar-refractivity contribution in [1.82, 2.24) is 5.32 Å². The fourth-order valence-corrected chi connectivity index (χ4v) is 2.57. The summed E-state index contributed by atoms with van der Waals surface area (Å²) in [6.45, 7) is 6.38. The minimum atomic E-state index is 0.639. The van der Waals surface area contributed by atoms with Crippen LogP contribution >= 0.6 is 23.2 Å². The lowest BCUT2D eigenvalue weighted by Gasteiger charge is -2.24. The molecular formula is C12H16Cl2N2. The van der Waals surface area contributed by atoms with Crippen LogP contribution in [0.1, 0.15) is 6.92 Å². The summed E-state index contributed by atoms with van der Waals surface area (Å²) < 4.78 is 0. The molecule has 16 heavy (non-hydrogen) atoms. The van der Waals surface area contributed by atoms with Gasteiger partial charge in [0.05, 0.1) is 0 Å². The fraction of sp³-hybridized carbons (Fsp3) is 0.500. The summed E-state index contributed by atoms with van der Waals surface area (Å²) >= 11 is 12.0. The highest BCUT2D eigenvalue weighted by atomic mass is 35.5. The predicted octanol–water partition coefficient (Wildman–Crippen LogP) is 3.04. The highest BCUT2D eigenvalue weighted by Crippen LogP contribution is 2.26. The van der Waals surface area contributed by atoms with Crippen molar-refractivity contribution in [2.24, 2.45) is 5.92 Å². The molecule has 0 aliphatic carbocycles. The Kier molecular flexibility index (Phi) is 3.95. The summed E-state index contributed by atoms with van der Waals surface area (Å²) in [5, 5.41) is 4.82. The van der Waals surface area contributed by atoms with Gasteiger partial charge in [-0.05, 0) is 30.7 Å². The van der Waals surface area contributed by atoms with Gasteiger partial charge >= 0.3 is 0 Å². The number of nitrogens with zero attached hydrogens (tertiary/aromatic N) is 1. The number of hydrogen-bond donors (Lipinski definition) is 1. The molecular weight excluding hydrogens is 243 g/mol. The molecule has 0 spiro atoms. The van der Waals surface area contributed by atoms with Gasteiger partial charge in [-0.2, -0.15) is 0 Å². The quantitative estimate of drug-likeness (QED) is 0.833. The molecule has 1 N–H and O–H groups in total. The molecule has 0 radical (unpaired) electrons. The molecule has 1 fully saturated rings. The second kappa shape index (κ2) is 5.26. The second-order valence-electron chi connectivity index (χ2n) is 4.38. The van der Waals surface area contributed by atoms with Crippen LogP contribution in [-0.4, -0.2) is 26.2 Å². The molecule has 0 aromatic heterocycles. The molecule has 88 valence electrons. The molecule has 4 heteroatoms. The zero-order chi connectivity index (χ0) is 11.5. The maximum atomic E-state index is 6.02. The van der Waals surface area contributed by atoms with Gasteiger partial charge in [-0.25, -0.2) is 0 Å². The summed E-state index contributed by atoms with van der Waals surface area (Å²) in [6.07, 6.45) is 0. The van der Waals surface area contributed by atoms with E-state index in [1.165, 1.54) is 0 Å².